The molecule has 1 aromatic carbocycles. The Bertz CT molecular complexity index is 1160. The number of carbonyl (C=O) groups is 3. The van der Waals surface area contributed by atoms with E-state index in [1.165, 1.54) is 25.3 Å². The molecule has 0 fully saturated rings. The maximum absolute atomic E-state index is 13.0. The van der Waals surface area contributed by atoms with Gasteiger partial charge >= 0.3 is 11.9 Å². The quantitative estimate of drug-likeness (QED) is 0.280. The van der Waals surface area contributed by atoms with Crippen molar-refractivity contribution >= 4 is 51.1 Å². The van der Waals surface area contributed by atoms with Crippen LogP contribution in [0, 0.1) is 18.3 Å². The highest BCUT2D eigenvalue weighted by atomic mass is 79.9. The SMILES string of the molecule is CCOC(=O)c1sc(CC(=O)/C(C#N)=C/c2cc(Br)cc(OC)c2O)c(C(=O)OCC)c1C. The van der Waals surface area contributed by atoms with Crippen molar-refractivity contribution in [3.63, 3.8) is 0 Å². The number of phenols is 1. The number of rotatable bonds is 9. The lowest BCUT2D eigenvalue weighted by Crippen LogP contribution is -2.12. The maximum atomic E-state index is 13.0. The highest BCUT2D eigenvalue weighted by Gasteiger charge is 2.28. The van der Waals surface area contributed by atoms with Crippen LogP contribution in [0.5, 0.6) is 11.5 Å². The van der Waals surface area contributed by atoms with E-state index in [1.807, 2.05) is 6.07 Å². The summed E-state index contributed by atoms with van der Waals surface area (Å²) in [5.41, 5.74) is 0.425. The van der Waals surface area contributed by atoms with Crippen molar-refractivity contribution in [2.75, 3.05) is 20.3 Å². The Morgan fingerprint density at radius 3 is 2.39 bits per heavy atom. The van der Waals surface area contributed by atoms with E-state index in [0.29, 0.717) is 10.0 Å². The molecule has 2 rings (SSSR count). The van der Waals surface area contributed by atoms with Crippen molar-refractivity contribution in [3.05, 3.63) is 48.6 Å². The van der Waals surface area contributed by atoms with Crippen LogP contribution in [-0.2, 0) is 20.7 Å². The number of phenolic OH excluding ortho intramolecular Hbond substituents is 1. The van der Waals surface area contributed by atoms with E-state index in [2.05, 4.69) is 15.9 Å². The molecule has 0 amide bonds. The molecule has 8 nitrogen and oxygen atoms in total. The first-order valence-corrected chi connectivity index (χ1v) is 11.5. The van der Waals surface area contributed by atoms with Gasteiger partial charge in [0.25, 0.3) is 0 Å². The zero-order chi connectivity index (χ0) is 24.7. The fourth-order valence-electron chi connectivity index (χ4n) is 2.99. The number of Topliss-reactive ketones (excluding diaryl/α,β-unsaturated/α-hetero) is 1. The van der Waals surface area contributed by atoms with Crippen LogP contribution < -0.4 is 4.74 Å². The third-order valence-electron chi connectivity index (χ3n) is 4.49. The number of esters is 2. The average Bonchev–Trinajstić information content (AvgIpc) is 3.09. The topological polar surface area (TPSA) is 123 Å². The monoisotopic (exact) mass is 535 g/mol. The molecule has 0 unspecified atom stereocenters. The number of hydrogen-bond acceptors (Lipinski definition) is 9. The fraction of sp³-hybridized carbons (Fsp3) is 0.304. The first-order valence-electron chi connectivity index (χ1n) is 9.86. The van der Waals surface area contributed by atoms with Crippen molar-refractivity contribution < 1.29 is 33.7 Å². The molecule has 10 heteroatoms. The second-order valence-corrected chi connectivity index (χ2v) is 8.63. The minimum absolute atomic E-state index is 0.113. The van der Waals surface area contributed by atoms with E-state index in [4.69, 9.17) is 14.2 Å². The van der Waals surface area contributed by atoms with Crippen molar-refractivity contribution in [1.82, 2.24) is 0 Å². The summed E-state index contributed by atoms with van der Waals surface area (Å²) in [6.45, 7) is 5.15. The van der Waals surface area contributed by atoms with Crippen LogP contribution >= 0.6 is 27.3 Å². The number of nitriles is 1. The van der Waals surface area contributed by atoms with Gasteiger partial charge in [0.2, 0.25) is 0 Å². The minimum atomic E-state index is -0.665. The van der Waals surface area contributed by atoms with Crippen LogP contribution in [0.2, 0.25) is 0 Å². The molecule has 2 aromatic rings. The van der Waals surface area contributed by atoms with Gasteiger partial charge in [-0.05, 0) is 44.5 Å². The number of nitrogens with zero attached hydrogens (tertiary/aromatic N) is 1. The normalized spacial score (nSPS) is 11.0. The van der Waals surface area contributed by atoms with Crippen LogP contribution in [0.15, 0.2) is 22.2 Å². The maximum Gasteiger partial charge on any atom is 0.348 e. The first kappa shape index (κ1) is 26.1. The number of carbonyl (C=O) groups excluding carboxylic acids is 3. The molecule has 0 spiro atoms. The molecular formula is C23H22BrNO7S. The number of halogens is 1. The highest BCUT2D eigenvalue weighted by Crippen LogP contribution is 2.35. The Labute approximate surface area is 203 Å². The molecule has 174 valence electrons. The van der Waals surface area contributed by atoms with Crippen molar-refractivity contribution in [1.29, 1.82) is 5.26 Å². The summed E-state index contributed by atoms with van der Waals surface area (Å²) in [5.74, 6) is -1.94. The lowest BCUT2D eigenvalue weighted by Gasteiger charge is -2.08. The Morgan fingerprint density at radius 1 is 1.18 bits per heavy atom. The smallest absolute Gasteiger partial charge is 0.348 e. The fourth-order valence-corrected chi connectivity index (χ4v) is 4.63. The molecule has 1 N–H and O–H groups in total. The minimum Gasteiger partial charge on any atom is -0.504 e. The molecule has 0 aliphatic heterocycles. The second kappa shape index (κ2) is 11.6. The number of hydrogen-bond donors (Lipinski definition) is 1. The van der Waals surface area contributed by atoms with Gasteiger partial charge in [0.05, 0.1) is 31.5 Å². The predicted molar refractivity (Wildman–Crippen MR) is 126 cm³/mol. The van der Waals surface area contributed by atoms with E-state index >= 15 is 0 Å². The summed E-state index contributed by atoms with van der Waals surface area (Å²) in [7, 11) is 1.38. The molecule has 0 aliphatic rings. The summed E-state index contributed by atoms with van der Waals surface area (Å²) in [6, 6.07) is 4.90. The van der Waals surface area contributed by atoms with Gasteiger partial charge in [-0.3, -0.25) is 4.79 Å². The summed E-state index contributed by atoms with van der Waals surface area (Å²) in [6.07, 6.45) is 0.923. The highest BCUT2D eigenvalue weighted by molar-refractivity contribution is 9.10. The number of thiophene rings is 1. The Morgan fingerprint density at radius 2 is 1.82 bits per heavy atom. The van der Waals surface area contributed by atoms with Gasteiger partial charge in [-0.15, -0.1) is 11.3 Å². The van der Waals surface area contributed by atoms with Crippen LogP contribution in [0.3, 0.4) is 0 Å². The van der Waals surface area contributed by atoms with Gasteiger partial charge in [-0.2, -0.15) is 5.26 Å². The second-order valence-electron chi connectivity index (χ2n) is 6.61. The molecule has 33 heavy (non-hydrogen) atoms. The standard InChI is InChI=1S/C23H22BrNO7S/c1-5-31-22(28)19-12(3)21(23(29)32-6-2)33-18(19)10-16(26)14(11-25)7-13-8-15(24)9-17(30-4)20(13)27/h7-9,27H,5-6,10H2,1-4H3/b14-7+. The van der Waals surface area contributed by atoms with Gasteiger partial charge in [0.1, 0.15) is 10.9 Å². The van der Waals surface area contributed by atoms with Crippen molar-refractivity contribution in [3.8, 4) is 17.6 Å². The Balaban J connectivity index is 2.50. The van der Waals surface area contributed by atoms with Gasteiger partial charge in [0.15, 0.2) is 17.3 Å². The molecule has 0 radical (unpaired) electrons. The largest absolute Gasteiger partial charge is 0.504 e. The van der Waals surface area contributed by atoms with Gasteiger partial charge < -0.3 is 19.3 Å². The average molecular weight is 536 g/mol. The number of ether oxygens (including phenoxy) is 3. The van der Waals surface area contributed by atoms with Gasteiger partial charge in [-0.1, -0.05) is 15.9 Å². The number of aromatic hydroxyl groups is 1. The molecular weight excluding hydrogens is 514 g/mol. The molecule has 0 saturated heterocycles. The van der Waals surface area contributed by atoms with E-state index < -0.39 is 17.7 Å². The number of methoxy groups -OCH3 is 1. The number of benzene rings is 1. The van der Waals surface area contributed by atoms with Crippen LogP contribution in [0.1, 0.15) is 49.9 Å². The molecule has 0 saturated carbocycles. The van der Waals surface area contributed by atoms with Crippen molar-refractivity contribution in [2.24, 2.45) is 0 Å². The summed E-state index contributed by atoms with van der Waals surface area (Å²) in [4.78, 5) is 38.3. The zero-order valence-electron chi connectivity index (χ0n) is 18.5. The Kier molecular flexibility index (Phi) is 9.20. The molecule has 0 atom stereocenters. The Hall–Kier alpha value is -3.16. The summed E-state index contributed by atoms with van der Waals surface area (Å²) >= 11 is 4.24. The van der Waals surface area contributed by atoms with Crippen LogP contribution in [-0.4, -0.2) is 43.2 Å². The third-order valence-corrected chi connectivity index (χ3v) is 6.22. The molecule has 0 aliphatic carbocycles. The van der Waals surface area contributed by atoms with Crippen LogP contribution in [0.25, 0.3) is 6.08 Å². The van der Waals surface area contributed by atoms with Gasteiger partial charge in [0, 0.05) is 21.3 Å². The lowest BCUT2D eigenvalue weighted by molar-refractivity contribution is -0.114. The number of allylic oxidation sites excluding steroid dienone is 1. The van der Waals surface area contributed by atoms with Gasteiger partial charge in [-0.25, -0.2) is 9.59 Å². The summed E-state index contributed by atoms with van der Waals surface area (Å²) in [5, 5.41) is 19.9. The summed E-state index contributed by atoms with van der Waals surface area (Å²) < 4.78 is 15.8. The zero-order valence-corrected chi connectivity index (χ0v) is 20.9. The van der Waals surface area contributed by atoms with E-state index in [1.54, 1.807) is 20.8 Å². The number of ketones is 1. The predicted octanol–water partition coefficient (Wildman–Crippen LogP) is 4.61. The van der Waals surface area contributed by atoms with Crippen LogP contribution in [0.4, 0.5) is 0 Å². The lowest BCUT2D eigenvalue weighted by atomic mass is 10.0. The van der Waals surface area contributed by atoms with E-state index in [0.717, 1.165) is 11.3 Å². The first-order chi connectivity index (χ1) is 15.7. The molecule has 1 aromatic heterocycles. The van der Waals surface area contributed by atoms with E-state index in [9.17, 15) is 24.8 Å². The van der Waals surface area contributed by atoms with Crippen molar-refractivity contribution in [2.45, 2.75) is 27.2 Å². The molecule has 0 bridgehead atoms. The third kappa shape index (κ3) is 6.00. The van der Waals surface area contributed by atoms with E-state index in [-0.39, 0.29) is 57.6 Å². The molecule has 1 heterocycles.